The van der Waals surface area contributed by atoms with Gasteiger partial charge in [0.1, 0.15) is 11.6 Å². The lowest BCUT2D eigenvalue weighted by molar-refractivity contribution is -0.130. The van der Waals surface area contributed by atoms with Gasteiger partial charge in [-0.05, 0) is 37.8 Å². The fourth-order valence-corrected chi connectivity index (χ4v) is 4.00. The standard InChI is InChI=1S/C20H25N5O2/c1-2-15-12-18(26)23-20(22-15)14-5-6-17(21-13-14)24-10-7-16(8-11-24)25-9-3-4-19(25)27/h5-6,12-13,16H,2-4,7-11H2,1H3,(H,22,23,26). The van der Waals surface area contributed by atoms with E-state index in [1.54, 1.807) is 6.20 Å². The van der Waals surface area contributed by atoms with Gasteiger partial charge < -0.3 is 14.8 Å². The highest BCUT2D eigenvalue weighted by atomic mass is 16.2. The van der Waals surface area contributed by atoms with Crippen LogP contribution in [0.15, 0.2) is 29.2 Å². The van der Waals surface area contributed by atoms with E-state index in [-0.39, 0.29) is 5.56 Å². The molecule has 2 aliphatic heterocycles. The Balaban J connectivity index is 1.43. The minimum Gasteiger partial charge on any atom is -0.356 e. The van der Waals surface area contributed by atoms with Gasteiger partial charge in [0.05, 0.1) is 0 Å². The number of pyridine rings is 1. The maximum atomic E-state index is 11.9. The molecule has 2 aromatic rings. The molecule has 0 aliphatic carbocycles. The molecule has 2 aromatic heterocycles. The smallest absolute Gasteiger partial charge is 0.251 e. The van der Waals surface area contributed by atoms with E-state index in [1.807, 2.05) is 19.1 Å². The number of nitrogens with zero attached hydrogens (tertiary/aromatic N) is 4. The van der Waals surface area contributed by atoms with E-state index in [1.165, 1.54) is 6.07 Å². The van der Waals surface area contributed by atoms with Gasteiger partial charge in [-0.15, -0.1) is 0 Å². The number of aryl methyl sites for hydroxylation is 1. The highest BCUT2D eigenvalue weighted by Crippen LogP contribution is 2.25. The van der Waals surface area contributed by atoms with Crippen molar-refractivity contribution in [1.29, 1.82) is 0 Å². The number of aromatic amines is 1. The fourth-order valence-electron chi connectivity index (χ4n) is 4.00. The predicted octanol–water partition coefficient (Wildman–Crippen LogP) is 1.99. The number of anilines is 1. The molecule has 0 saturated carbocycles. The maximum Gasteiger partial charge on any atom is 0.251 e. The second kappa shape index (κ2) is 7.50. The Labute approximate surface area is 158 Å². The van der Waals surface area contributed by atoms with Gasteiger partial charge in [-0.3, -0.25) is 9.59 Å². The third-order valence-corrected chi connectivity index (χ3v) is 5.52. The monoisotopic (exact) mass is 367 g/mol. The molecular weight excluding hydrogens is 342 g/mol. The van der Waals surface area contributed by atoms with Crippen molar-refractivity contribution < 1.29 is 4.79 Å². The SMILES string of the molecule is CCc1cc(=O)[nH]c(-c2ccc(N3CCC(N4CCCC4=O)CC3)nc2)n1. The first-order valence-electron chi connectivity index (χ1n) is 9.75. The van der Waals surface area contributed by atoms with Gasteiger partial charge in [-0.2, -0.15) is 0 Å². The maximum absolute atomic E-state index is 11.9. The topological polar surface area (TPSA) is 82.2 Å². The van der Waals surface area contributed by atoms with Gasteiger partial charge in [0.2, 0.25) is 5.91 Å². The number of aromatic nitrogens is 3. The molecule has 0 aromatic carbocycles. The van der Waals surface area contributed by atoms with Crippen LogP contribution in [0.4, 0.5) is 5.82 Å². The summed E-state index contributed by atoms with van der Waals surface area (Å²) in [6.07, 6.45) is 6.17. The molecule has 0 unspecified atom stereocenters. The van der Waals surface area contributed by atoms with Gasteiger partial charge in [-0.1, -0.05) is 6.92 Å². The minimum absolute atomic E-state index is 0.139. The second-order valence-electron chi connectivity index (χ2n) is 7.25. The summed E-state index contributed by atoms with van der Waals surface area (Å²) in [5, 5.41) is 0. The molecule has 0 bridgehead atoms. The molecule has 2 fully saturated rings. The zero-order chi connectivity index (χ0) is 18.8. The summed E-state index contributed by atoms with van der Waals surface area (Å²) in [4.78, 5) is 39.9. The van der Waals surface area contributed by atoms with Crippen molar-refractivity contribution in [2.24, 2.45) is 0 Å². The van der Waals surface area contributed by atoms with E-state index >= 15 is 0 Å². The van der Waals surface area contributed by atoms with Crippen molar-refractivity contribution in [1.82, 2.24) is 19.9 Å². The fraction of sp³-hybridized carbons (Fsp3) is 0.500. The second-order valence-corrected chi connectivity index (χ2v) is 7.25. The van der Waals surface area contributed by atoms with Gasteiger partial charge in [0.25, 0.3) is 5.56 Å². The first-order chi connectivity index (χ1) is 13.1. The van der Waals surface area contributed by atoms with Crippen LogP contribution in [0, 0.1) is 0 Å². The molecule has 142 valence electrons. The largest absolute Gasteiger partial charge is 0.356 e. The molecule has 1 amide bonds. The molecule has 2 saturated heterocycles. The number of likely N-dealkylation sites (tertiary alicyclic amines) is 1. The van der Waals surface area contributed by atoms with Crippen molar-refractivity contribution in [2.45, 2.75) is 45.1 Å². The van der Waals surface area contributed by atoms with Gasteiger partial charge in [0, 0.05) is 55.6 Å². The van der Waals surface area contributed by atoms with Crippen LogP contribution in [-0.4, -0.2) is 51.4 Å². The highest BCUT2D eigenvalue weighted by molar-refractivity contribution is 5.78. The summed E-state index contributed by atoms with van der Waals surface area (Å²) in [5.41, 5.74) is 1.44. The average molecular weight is 367 g/mol. The first kappa shape index (κ1) is 17.7. The summed E-state index contributed by atoms with van der Waals surface area (Å²) in [5.74, 6) is 1.80. The van der Waals surface area contributed by atoms with Gasteiger partial charge in [0.15, 0.2) is 0 Å². The summed E-state index contributed by atoms with van der Waals surface area (Å²) in [6, 6.07) is 5.84. The minimum atomic E-state index is -0.139. The van der Waals surface area contributed by atoms with E-state index in [9.17, 15) is 9.59 Å². The van der Waals surface area contributed by atoms with E-state index < -0.39 is 0 Å². The lowest BCUT2D eigenvalue weighted by Gasteiger charge is -2.37. The zero-order valence-corrected chi connectivity index (χ0v) is 15.6. The Hall–Kier alpha value is -2.70. The first-order valence-corrected chi connectivity index (χ1v) is 9.75. The Morgan fingerprint density at radius 3 is 2.63 bits per heavy atom. The van der Waals surface area contributed by atoms with Crippen LogP contribution in [0.1, 0.15) is 38.3 Å². The van der Waals surface area contributed by atoms with Crippen molar-refractivity contribution in [2.75, 3.05) is 24.5 Å². The number of carbonyl (C=O) groups is 1. The summed E-state index contributed by atoms with van der Waals surface area (Å²) in [6.45, 7) is 4.70. The number of amides is 1. The van der Waals surface area contributed by atoms with Crippen LogP contribution in [0.25, 0.3) is 11.4 Å². The third-order valence-electron chi connectivity index (χ3n) is 5.52. The number of hydrogen-bond acceptors (Lipinski definition) is 5. The third kappa shape index (κ3) is 3.72. The average Bonchev–Trinajstić information content (AvgIpc) is 3.13. The Morgan fingerprint density at radius 2 is 2.00 bits per heavy atom. The van der Waals surface area contributed by atoms with E-state index in [4.69, 9.17) is 0 Å². The predicted molar refractivity (Wildman–Crippen MR) is 104 cm³/mol. The zero-order valence-electron chi connectivity index (χ0n) is 15.6. The molecule has 4 heterocycles. The number of H-pyrrole nitrogens is 1. The van der Waals surface area contributed by atoms with Gasteiger partial charge in [-0.25, -0.2) is 9.97 Å². The Morgan fingerprint density at radius 1 is 1.19 bits per heavy atom. The van der Waals surface area contributed by atoms with Crippen LogP contribution < -0.4 is 10.5 Å². The quantitative estimate of drug-likeness (QED) is 0.894. The Bertz CT molecular complexity index is 869. The number of hydrogen-bond donors (Lipinski definition) is 1. The van der Waals surface area contributed by atoms with Crippen LogP contribution in [0.5, 0.6) is 0 Å². The molecule has 1 N–H and O–H groups in total. The molecular formula is C20H25N5O2. The molecule has 4 rings (SSSR count). The van der Waals surface area contributed by atoms with Crippen molar-refractivity contribution in [3.63, 3.8) is 0 Å². The van der Waals surface area contributed by atoms with Crippen molar-refractivity contribution in [3.05, 3.63) is 40.4 Å². The van der Waals surface area contributed by atoms with Crippen LogP contribution in [-0.2, 0) is 11.2 Å². The van der Waals surface area contributed by atoms with E-state index in [2.05, 4.69) is 24.8 Å². The summed E-state index contributed by atoms with van der Waals surface area (Å²) < 4.78 is 0. The summed E-state index contributed by atoms with van der Waals surface area (Å²) >= 11 is 0. The molecule has 2 aliphatic rings. The molecule has 0 spiro atoms. The van der Waals surface area contributed by atoms with Crippen LogP contribution in [0.3, 0.4) is 0 Å². The van der Waals surface area contributed by atoms with E-state index in [0.29, 0.717) is 24.2 Å². The number of carbonyl (C=O) groups excluding carboxylic acids is 1. The molecule has 0 atom stereocenters. The lowest BCUT2D eigenvalue weighted by Crippen LogP contribution is -2.45. The van der Waals surface area contributed by atoms with Crippen molar-refractivity contribution >= 4 is 11.7 Å². The molecule has 27 heavy (non-hydrogen) atoms. The molecule has 0 radical (unpaired) electrons. The molecule has 7 nitrogen and oxygen atoms in total. The van der Waals surface area contributed by atoms with Gasteiger partial charge >= 0.3 is 0 Å². The van der Waals surface area contributed by atoms with E-state index in [0.717, 1.165) is 62.4 Å². The number of rotatable bonds is 4. The number of piperidine rings is 1. The molecule has 7 heteroatoms. The highest BCUT2D eigenvalue weighted by Gasteiger charge is 2.30. The number of nitrogens with one attached hydrogen (secondary N) is 1. The summed E-state index contributed by atoms with van der Waals surface area (Å²) in [7, 11) is 0. The Kier molecular flexibility index (Phi) is 4.92. The lowest BCUT2D eigenvalue weighted by atomic mass is 10.0. The normalized spacial score (nSPS) is 18.3. The van der Waals surface area contributed by atoms with Crippen molar-refractivity contribution in [3.8, 4) is 11.4 Å². The van der Waals surface area contributed by atoms with Crippen LogP contribution in [0.2, 0.25) is 0 Å². The van der Waals surface area contributed by atoms with Crippen LogP contribution >= 0.6 is 0 Å².